The van der Waals surface area contributed by atoms with Gasteiger partial charge in [0.1, 0.15) is 0 Å². The summed E-state index contributed by atoms with van der Waals surface area (Å²) in [6.07, 6.45) is 2.17. The van der Waals surface area contributed by atoms with Crippen LogP contribution in [0, 0.1) is 0 Å². The SMILES string of the molecule is CC(C)c1cccc(C(C)C)c1Nc1cccc2ccc(-c3cccc4c3C(Nc3ccccc3)CC4)nc12. The number of fused-ring (bicyclic) bond motifs is 2. The van der Waals surface area contributed by atoms with Gasteiger partial charge in [0.25, 0.3) is 0 Å². The molecule has 39 heavy (non-hydrogen) atoms. The highest BCUT2D eigenvalue weighted by Crippen LogP contribution is 2.41. The maximum atomic E-state index is 5.32. The molecular weight excluding hydrogens is 474 g/mol. The normalized spacial score (nSPS) is 14.7. The van der Waals surface area contributed by atoms with Crippen molar-refractivity contribution in [1.82, 2.24) is 4.98 Å². The summed E-state index contributed by atoms with van der Waals surface area (Å²) < 4.78 is 0. The van der Waals surface area contributed by atoms with E-state index in [2.05, 4.69) is 135 Å². The van der Waals surface area contributed by atoms with Crippen molar-refractivity contribution >= 4 is 28.0 Å². The Morgan fingerprint density at radius 3 is 2.18 bits per heavy atom. The third-order valence-electron chi connectivity index (χ3n) is 7.99. The summed E-state index contributed by atoms with van der Waals surface area (Å²) in [6, 6.07) is 35.0. The molecule has 0 aliphatic heterocycles. The lowest BCUT2D eigenvalue weighted by Crippen LogP contribution is -2.08. The zero-order chi connectivity index (χ0) is 26.9. The van der Waals surface area contributed by atoms with Crippen LogP contribution in [-0.2, 0) is 6.42 Å². The lowest BCUT2D eigenvalue weighted by atomic mass is 9.92. The standard InChI is InChI=1S/C36H37N3/c1-23(2)28-15-10-16-29(24(3)4)36(28)39-33-18-9-12-26-20-21-31(38-35(26)33)30-17-8-11-25-19-22-32(34(25)30)37-27-13-6-5-7-14-27/h5-18,20-21,23-24,32,37,39H,19,22H2,1-4H3. The van der Waals surface area contributed by atoms with E-state index < -0.39 is 0 Å². The van der Waals surface area contributed by atoms with Gasteiger partial charge in [0.05, 0.1) is 22.9 Å². The third kappa shape index (κ3) is 4.90. The number of rotatable bonds is 7. The van der Waals surface area contributed by atoms with Gasteiger partial charge in [-0.2, -0.15) is 0 Å². The first-order valence-corrected chi connectivity index (χ1v) is 14.2. The van der Waals surface area contributed by atoms with E-state index in [0.29, 0.717) is 11.8 Å². The minimum Gasteiger partial charge on any atom is -0.378 e. The van der Waals surface area contributed by atoms with E-state index in [9.17, 15) is 0 Å². The van der Waals surface area contributed by atoms with E-state index in [0.717, 1.165) is 40.8 Å². The Bertz CT molecular complexity index is 1590. The molecule has 0 saturated heterocycles. The number of para-hydroxylation sites is 3. The van der Waals surface area contributed by atoms with Crippen LogP contribution < -0.4 is 10.6 Å². The summed E-state index contributed by atoms with van der Waals surface area (Å²) in [6.45, 7) is 9.06. The second-order valence-electron chi connectivity index (χ2n) is 11.3. The van der Waals surface area contributed by atoms with E-state index >= 15 is 0 Å². The number of pyridine rings is 1. The van der Waals surface area contributed by atoms with Crippen LogP contribution in [0.5, 0.6) is 0 Å². The molecule has 2 N–H and O–H groups in total. The Balaban J connectivity index is 1.43. The fourth-order valence-electron chi connectivity index (χ4n) is 6.02. The molecule has 0 amide bonds. The van der Waals surface area contributed by atoms with Crippen LogP contribution in [0.15, 0.2) is 97.1 Å². The van der Waals surface area contributed by atoms with Crippen LogP contribution >= 0.6 is 0 Å². The summed E-state index contributed by atoms with van der Waals surface area (Å²) in [4.78, 5) is 5.32. The van der Waals surface area contributed by atoms with Crippen molar-refractivity contribution in [2.24, 2.45) is 0 Å². The number of benzene rings is 4. The first kappa shape index (κ1) is 25.2. The molecule has 0 bridgehead atoms. The van der Waals surface area contributed by atoms with Crippen LogP contribution in [-0.4, -0.2) is 4.98 Å². The maximum Gasteiger partial charge on any atom is 0.0944 e. The Kier molecular flexibility index (Phi) is 6.83. The van der Waals surface area contributed by atoms with Crippen molar-refractivity contribution in [3.05, 3.63) is 119 Å². The predicted molar refractivity (Wildman–Crippen MR) is 166 cm³/mol. The van der Waals surface area contributed by atoms with Gasteiger partial charge in [-0.15, -0.1) is 0 Å². The van der Waals surface area contributed by atoms with E-state index in [1.807, 2.05) is 0 Å². The van der Waals surface area contributed by atoms with Crippen molar-refractivity contribution in [1.29, 1.82) is 0 Å². The van der Waals surface area contributed by atoms with Gasteiger partial charge < -0.3 is 10.6 Å². The maximum absolute atomic E-state index is 5.32. The largest absolute Gasteiger partial charge is 0.378 e. The highest BCUT2D eigenvalue weighted by molar-refractivity contribution is 5.94. The van der Waals surface area contributed by atoms with Gasteiger partial charge >= 0.3 is 0 Å². The molecule has 1 aromatic heterocycles. The van der Waals surface area contributed by atoms with Crippen LogP contribution in [0.25, 0.3) is 22.2 Å². The highest BCUT2D eigenvalue weighted by Gasteiger charge is 2.26. The average molecular weight is 512 g/mol. The minimum atomic E-state index is 0.274. The van der Waals surface area contributed by atoms with Crippen LogP contribution in [0.1, 0.15) is 74.2 Å². The van der Waals surface area contributed by atoms with Gasteiger partial charge in [-0.05, 0) is 71.2 Å². The smallest absolute Gasteiger partial charge is 0.0944 e. The molecule has 1 unspecified atom stereocenters. The summed E-state index contributed by atoms with van der Waals surface area (Å²) in [5.74, 6) is 0.844. The average Bonchev–Trinajstić information content (AvgIpc) is 3.36. The molecular formula is C36H37N3. The molecule has 3 heteroatoms. The lowest BCUT2D eigenvalue weighted by molar-refractivity contribution is 0.763. The lowest BCUT2D eigenvalue weighted by Gasteiger charge is -2.22. The Morgan fingerprint density at radius 2 is 1.44 bits per heavy atom. The van der Waals surface area contributed by atoms with Crippen molar-refractivity contribution in [2.45, 2.75) is 58.4 Å². The summed E-state index contributed by atoms with van der Waals surface area (Å²) in [5, 5.41) is 8.77. The molecule has 1 aliphatic rings. The fourth-order valence-corrected chi connectivity index (χ4v) is 6.02. The Morgan fingerprint density at radius 1 is 0.718 bits per heavy atom. The number of aryl methyl sites for hydroxylation is 1. The number of anilines is 3. The molecule has 1 atom stereocenters. The monoisotopic (exact) mass is 511 g/mol. The predicted octanol–water partition coefficient (Wildman–Crippen LogP) is 9.99. The van der Waals surface area contributed by atoms with Gasteiger partial charge in [0, 0.05) is 22.3 Å². The number of hydrogen-bond acceptors (Lipinski definition) is 3. The number of aromatic nitrogens is 1. The summed E-state index contributed by atoms with van der Waals surface area (Å²) >= 11 is 0. The van der Waals surface area contributed by atoms with Gasteiger partial charge in [0.15, 0.2) is 0 Å². The van der Waals surface area contributed by atoms with Crippen LogP contribution in [0.2, 0.25) is 0 Å². The molecule has 3 nitrogen and oxygen atoms in total. The van der Waals surface area contributed by atoms with Gasteiger partial charge in [-0.1, -0.05) is 100 Å². The van der Waals surface area contributed by atoms with E-state index in [-0.39, 0.29) is 6.04 Å². The highest BCUT2D eigenvalue weighted by atomic mass is 14.9. The molecule has 0 radical (unpaired) electrons. The molecule has 1 heterocycles. The number of hydrogen-bond donors (Lipinski definition) is 2. The second kappa shape index (κ2) is 10.6. The molecule has 0 saturated carbocycles. The molecule has 1 aliphatic carbocycles. The Labute approximate surface area is 232 Å². The number of nitrogens with zero attached hydrogens (tertiary/aromatic N) is 1. The van der Waals surface area contributed by atoms with Crippen molar-refractivity contribution in [3.8, 4) is 11.3 Å². The van der Waals surface area contributed by atoms with Crippen molar-refractivity contribution in [3.63, 3.8) is 0 Å². The van der Waals surface area contributed by atoms with Crippen LogP contribution in [0.3, 0.4) is 0 Å². The molecule has 0 spiro atoms. The minimum absolute atomic E-state index is 0.274. The molecule has 4 aromatic carbocycles. The quantitative estimate of drug-likeness (QED) is 0.228. The summed E-state index contributed by atoms with van der Waals surface area (Å²) in [7, 11) is 0. The zero-order valence-corrected chi connectivity index (χ0v) is 23.3. The fraction of sp³-hybridized carbons (Fsp3) is 0.250. The zero-order valence-electron chi connectivity index (χ0n) is 23.3. The molecule has 5 aromatic rings. The van der Waals surface area contributed by atoms with Crippen molar-refractivity contribution in [2.75, 3.05) is 10.6 Å². The van der Waals surface area contributed by atoms with E-state index in [4.69, 9.17) is 4.98 Å². The van der Waals surface area contributed by atoms with Gasteiger partial charge in [0.2, 0.25) is 0 Å². The van der Waals surface area contributed by atoms with Crippen molar-refractivity contribution < 1.29 is 0 Å². The summed E-state index contributed by atoms with van der Waals surface area (Å²) in [5.41, 5.74) is 12.2. The number of nitrogens with one attached hydrogen (secondary N) is 2. The first-order valence-electron chi connectivity index (χ1n) is 14.2. The van der Waals surface area contributed by atoms with Gasteiger partial charge in [-0.25, -0.2) is 4.98 Å². The Hall–Kier alpha value is -4.11. The topological polar surface area (TPSA) is 37.0 Å². The molecule has 0 fully saturated rings. The first-order chi connectivity index (χ1) is 19.0. The molecule has 196 valence electrons. The van der Waals surface area contributed by atoms with Crippen LogP contribution in [0.4, 0.5) is 17.1 Å². The van der Waals surface area contributed by atoms with E-state index in [1.54, 1.807) is 0 Å². The third-order valence-corrected chi connectivity index (χ3v) is 7.99. The van der Waals surface area contributed by atoms with E-state index in [1.165, 1.54) is 33.5 Å². The van der Waals surface area contributed by atoms with Gasteiger partial charge in [-0.3, -0.25) is 0 Å². The second-order valence-corrected chi connectivity index (χ2v) is 11.3. The molecule has 6 rings (SSSR count).